The highest BCUT2D eigenvalue weighted by Crippen LogP contribution is 2.62. The van der Waals surface area contributed by atoms with Crippen molar-refractivity contribution in [3.8, 4) is 0 Å². The molecule has 0 heterocycles. The Morgan fingerprint density at radius 1 is 0.780 bits per heavy atom. The average Bonchev–Trinajstić information content (AvgIpc) is 2.99. The third-order valence-corrected chi connectivity index (χ3v) is 10.9. The molecule has 41 heavy (non-hydrogen) atoms. The Labute approximate surface area is 249 Å². The normalized spacial score (nSPS) is 27.6. The topological polar surface area (TPSA) is 38.0 Å². The second-order valence-electron chi connectivity index (χ2n) is 13.9. The minimum Gasteiger partial charge on any atom is -0.399 e. The number of fused-ring (bicyclic) bond motifs is 2. The fraction of sp³-hybridized carbons (Fsp3) is 0.487. The Morgan fingerprint density at radius 3 is 1.90 bits per heavy atom. The molecule has 1 saturated carbocycles. The van der Waals surface area contributed by atoms with Crippen molar-refractivity contribution in [3.05, 3.63) is 113 Å². The third-order valence-electron chi connectivity index (χ3n) is 10.9. The Balaban J connectivity index is 0.000000423. The van der Waals surface area contributed by atoms with Gasteiger partial charge in [-0.3, -0.25) is 0 Å². The molecule has 3 aromatic rings. The zero-order chi connectivity index (χ0) is 28.9. The molecule has 1 fully saturated rings. The summed E-state index contributed by atoms with van der Waals surface area (Å²) in [7, 11) is 0. The van der Waals surface area contributed by atoms with Gasteiger partial charge in [0.05, 0.1) is 6.04 Å². The summed E-state index contributed by atoms with van der Waals surface area (Å²) < 4.78 is 0. The van der Waals surface area contributed by atoms with Crippen LogP contribution in [0.5, 0.6) is 0 Å². The minimum atomic E-state index is 0.257. The van der Waals surface area contributed by atoms with Crippen LogP contribution >= 0.6 is 0 Å². The van der Waals surface area contributed by atoms with Crippen molar-refractivity contribution in [1.82, 2.24) is 5.32 Å². The molecule has 0 saturated heterocycles. The second-order valence-corrected chi connectivity index (χ2v) is 13.9. The number of nitrogens with two attached hydrogens (primary N) is 1. The molecule has 2 nitrogen and oxygen atoms in total. The van der Waals surface area contributed by atoms with Crippen molar-refractivity contribution in [2.45, 2.75) is 85.1 Å². The lowest BCUT2D eigenvalue weighted by Gasteiger charge is -2.58. The smallest absolute Gasteiger partial charge is 0.0576 e. The first-order valence-corrected chi connectivity index (χ1v) is 16.2. The minimum absolute atomic E-state index is 0.257. The van der Waals surface area contributed by atoms with Crippen LogP contribution in [0.25, 0.3) is 0 Å². The van der Waals surface area contributed by atoms with Crippen LogP contribution in [0, 0.1) is 28.6 Å². The summed E-state index contributed by atoms with van der Waals surface area (Å²) in [6.45, 7) is 11.2. The van der Waals surface area contributed by atoms with Crippen molar-refractivity contribution >= 4 is 5.69 Å². The Bertz CT molecular complexity index is 1230. The molecule has 218 valence electrons. The number of hydrogen-bond acceptors (Lipinski definition) is 2. The molecule has 0 aliphatic heterocycles. The third kappa shape index (κ3) is 6.64. The van der Waals surface area contributed by atoms with E-state index in [-0.39, 0.29) is 6.04 Å². The number of para-hydroxylation sites is 1. The lowest BCUT2D eigenvalue weighted by molar-refractivity contribution is -0.00673. The van der Waals surface area contributed by atoms with Gasteiger partial charge in [0.15, 0.2) is 0 Å². The molecule has 3 N–H and O–H groups in total. The molecular weight excluding hydrogens is 496 g/mol. The van der Waals surface area contributed by atoms with Gasteiger partial charge < -0.3 is 11.1 Å². The first kappa shape index (κ1) is 29.6. The summed E-state index contributed by atoms with van der Waals surface area (Å²) in [4.78, 5) is 0. The quantitative estimate of drug-likeness (QED) is 0.238. The van der Waals surface area contributed by atoms with Crippen molar-refractivity contribution < 1.29 is 0 Å². The van der Waals surface area contributed by atoms with Crippen LogP contribution < -0.4 is 11.1 Å². The van der Waals surface area contributed by atoms with Gasteiger partial charge in [-0.15, -0.1) is 0 Å². The maximum absolute atomic E-state index is 5.36. The Kier molecular flexibility index (Phi) is 9.39. The lowest BCUT2D eigenvalue weighted by Crippen LogP contribution is -2.51. The highest BCUT2D eigenvalue weighted by Gasteiger charge is 2.53. The number of benzene rings is 3. The van der Waals surface area contributed by atoms with E-state index in [1.165, 1.54) is 62.5 Å². The molecule has 0 radical (unpaired) electrons. The van der Waals surface area contributed by atoms with Crippen LogP contribution in [0.4, 0.5) is 5.69 Å². The van der Waals surface area contributed by atoms with Crippen molar-refractivity contribution in [2.24, 2.45) is 28.6 Å². The molecule has 0 amide bonds. The molecule has 3 aromatic carbocycles. The number of allylic oxidation sites excluding steroid dienone is 2. The van der Waals surface area contributed by atoms with Crippen LogP contribution in [0.1, 0.15) is 96.2 Å². The lowest BCUT2D eigenvalue weighted by atomic mass is 9.48. The van der Waals surface area contributed by atoms with E-state index >= 15 is 0 Å². The molecular formula is C39H52N2. The van der Waals surface area contributed by atoms with Gasteiger partial charge in [0.2, 0.25) is 0 Å². The number of nitrogens with one attached hydrogen (secondary N) is 1. The number of rotatable bonds is 6. The van der Waals surface area contributed by atoms with E-state index < -0.39 is 0 Å². The standard InChI is InChI=1S/C33H45N.C6H7N/c1-24(2)27-16-18-29-28(22-27)17-19-30-32(3,20-11-21-33(29,30)4)23-34-31(25-12-7-5-8-13-25)26-14-9-6-10-15-26;7-6-4-2-1-3-5-6/h5-10,12-15,24,27,30-31,34H,11,16-23H2,1-4H3;1-5H,7H2/t27?,30-,32-,33?;/m0./s1. The molecule has 3 aliphatic rings. The Morgan fingerprint density at radius 2 is 1.37 bits per heavy atom. The highest BCUT2D eigenvalue weighted by molar-refractivity contribution is 5.36. The van der Waals surface area contributed by atoms with Gasteiger partial charge in [-0.1, -0.05) is 124 Å². The summed E-state index contributed by atoms with van der Waals surface area (Å²) in [6, 6.07) is 31.8. The predicted molar refractivity (Wildman–Crippen MR) is 176 cm³/mol. The van der Waals surface area contributed by atoms with Gasteiger partial charge in [-0.25, -0.2) is 0 Å². The van der Waals surface area contributed by atoms with Crippen LogP contribution in [-0.2, 0) is 0 Å². The van der Waals surface area contributed by atoms with E-state index in [1.54, 1.807) is 0 Å². The van der Waals surface area contributed by atoms with Gasteiger partial charge in [0, 0.05) is 12.2 Å². The van der Waals surface area contributed by atoms with E-state index in [4.69, 9.17) is 5.73 Å². The zero-order valence-electron chi connectivity index (χ0n) is 25.9. The SMILES string of the molecule is CC(C)C1CCC2=C(CC[C@@H]3C2(C)CCC[C@@]3(C)CNC(c2ccccc2)c2ccccc2)C1.Nc1ccccc1. The summed E-state index contributed by atoms with van der Waals surface area (Å²) >= 11 is 0. The molecule has 6 rings (SSSR count). The van der Waals surface area contributed by atoms with E-state index in [0.29, 0.717) is 10.8 Å². The molecule has 0 bridgehead atoms. The van der Waals surface area contributed by atoms with Gasteiger partial charge in [0.1, 0.15) is 0 Å². The Hall–Kier alpha value is -2.84. The fourth-order valence-electron chi connectivity index (χ4n) is 8.60. The number of hydrogen-bond donors (Lipinski definition) is 2. The average molecular weight is 549 g/mol. The summed E-state index contributed by atoms with van der Waals surface area (Å²) in [5, 5.41) is 4.09. The largest absolute Gasteiger partial charge is 0.399 e. The number of anilines is 1. The molecule has 2 heteroatoms. The van der Waals surface area contributed by atoms with Gasteiger partial charge >= 0.3 is 0 Å². The molecule has 3 aliphatic carbocycles. The fourth-order valence-corrected chi connectivity index (χ4v) is 8.60. The maximum atomic E-state index is 5.36. The van der Waals surface area contributed by atoms with Crippen LogP contribution in [-0.4, -0.2) is 6.54 Å². The van der Waals surface area contributed by atoms with E-state index in [0.717, 1.165) is 30.0 Å². The molecule has 4 atom stereocenters. The highest BCUT2D eigenvalue weighted by atomic mass is 14.9. The van der Waals surface area contributed by atoms with Crippen LogP contribution in [0.2, 0.25) is 0 Å². The van der Waals surface area contributed by atoms with E-state index in [2.05, 4.69) is 93.7 Å². The van der Waals surface area contributed by atoms with Gasteiger partial charge in [-0.2, -0.15) is 0 Å². The van der Waals surface area contributed by atoms with E-state index in [9.17, 15) is 0 Å². The van der Waals surface area contributed by atoms with Gasteiger partial charge in [-0.05, 0) is 96.8 Å². The predicted octanol–water partition coefficient (Wildman–Crippen LogP) is 9.99. The van der Waals surface area contributed by atoms with E-state index in [1.807, 2.05) is 41.5 Å². The monoisotopic (exact) mass is 548 g/mol. The number of nitrogen functional groups attached to an aromatic ring is 1. The van der Waals surface area contributed by atoms with Crippen molar-refractivity contribution in [3.63, 3.8) is 0 Å². The molecule has 2 unspecified atom stereocenters. The van der Waals surface area contributed by atoms with Gasteiger partial charge in [0.25, 0.3) is 0 Å². The maximum Gasteiger partial charge on any atom is 0.0576 e. The summed E-state index contributed by atoms with van der Waals surface area (Å²) in [5.41, 5.74) is 13.5. The zero-order valence-corrected chi connectivity index (χ0v) is 25.9. The molecule has 0 aromatic heterocycles. The molecule has 0 spiro atoms. The van der Waals surface area contributed by atoms with Crippen LogP contribution in [0.3, 0.4) is 0 Å². The second kappa shape index (κ2) is 13.0. The first-order valence-electron chi connectivity index (χ1n) is 16.2. The summed E-state index contributed by atoms with van der Waals surface area (Å²) in [5.74, 6) is 2.53. The summed E-state index contributed by atoms with van der Waals surface area (Å²) in [6.07, 6.45) is 11.0. The van der Waals surface area contributed by atoms with Crippen molar-refractivity contribution in [2.75, 3.05) is 12.3 Å². The van der Waals surface area contributed by atoms with Crippen LogP contribution in [0.15, 0.2) is 102 Å². The van der Waals surface area contributed by atoms with Crippen molar-refractivity contribution in [1.29, 1.82) is 0 Å². The first-order chi connectivity index (χ1) is 19.8.